The van der Waals surface area contributed by atoms with Crippen LogP contribution in [-0.2, 0) is 0 Å². The van der Waals surface area contributed by atoms with Crippen molar-refractivity contribution >= 4 is 17.7 Å². The fourth-order valence-corrected chi connectivity index (χ4v) is 1.05. The van der Waals surface area contributed by atoms with E-state index in [-0.39, 0.29) is 0 Å². The summed E-state index contributed by atoms with van der Waals surface area (Å²) in [5.41, 5.74) is 0. The molecule has 0 aromatic carbocycles. The van der Waals surface area contributed by atoms with Gasteiger partial charge in [0.25, 0.3) is 0 Å². The third-order valence-corrected chi connectivity index (χ3v) is 1.75. The molecule has 0 spiro atoms. The Morgan fingerprint density at radius 2 is 2.21 bits per heavy atom. The molecule has 0 saturated heterocycles. The molecule has 2 heterocycles. The Bertz CT molecular complexity index is 388. The Labute approximate surface area is 81.4 Å². The lowest BCUT2D eigenvalue weighted by Crippen LogP contribution is -2.10. The first-order valence-electron chi connectivity index (χ1n) is 4.26. The van der Waals surface area contributed by atoms with Crippen molar-refractivity contribution in [2.45, 2.75) is 0 Å². The van der Waals surface area contributed by atoms with Gasteiger partial charge in [-0.2, -0.15) is 0 Å². The summed E-state index contributed by atoms with van der Waals surface area (Å²) in [6, 6.07) is 3.82. The van der Waals surface area contributed by atoms with Crippen molar-refractivity contribution in [1.82, 2.24) is 20.2 Å². The molecule has 6 nitrogen and oxygen atoms in total. The van der Waals surface area contributed by atoms with E-state index in [1.165, 1.54) is 0 Å². The van der Waals surface area contributed by atoms with Crippen molar-refractivity contribution in [2.24, 2.45) is 0 Å². The predicted molar refractivity (Wildman–Crippen MR) is 54.8 cm³/mol. The van der Waals surface area contributed by atoms with Gasteiger partial charge in [-0.25, -0.2) is 0 Å². The SMILES string of the molecule is CN(C)c1nnc(Nc2ccc[nH]2)[nH]1. The third kappa shape index (κ3) is 1.68. The van der Waals surface area contributed by atoms with Crippen LogP contribution in [-0.4, -0.2) is 34.3 Å². The van der Waals surface area contributed by atoms with Gasteiger partial charge in [-0.3, -0.25) is 4.98 Å². The summed E-state index contributed by atoms with van der Waals surface area (Å²) in [5.74, 6) is 2.22. The number of aromatic nitrogens is 4. The number of nitrogens with one attached hydrogen (secondary N) is 3. The molecule has 0 saturated carbocycles. The van der Waals surface area contributed by atoms with Crippen LogP contribution in [0.15, 0.2) is 18.3 Å². The molecule has 6 heteroatoms. The summed E-state index contributed by atoms with van der Waals surface area (Å²) in [6.45, 7) is 0. The topological polar surface area (TPSA) is 72.6 Å². The maximum Gasteiger partial charge on any atom is 0.229 e. The van der Waals surface area contributed by atoms with Gasteiger partial charge in [-0.15, -0.1) is 10.2 Å². The molecule has 0 fully saturated rings. The Morgan fingerprint density at radius 1 is 1.36 bits per heavy atom. The highest BCUT2D eigenvalue weighted by atomic mass is 15.4. The van der Waals surface area contributed by atoms with E-state index in [0.29, 0.717) is 5.95 Å². The van der Waals surface area contributed by atoms with Crippen LogP contribution in [0.25, 0.3) is 0 Å². The fourth-order valence-electron chi connectivity index (χ4n) is 1.05. The lowest BCUT2D eigenvalue weighted by atomic mass is 10.6. The van der Waals surface area contributed by atoms with Gasteiger partial charge in [0.2, 0.25) is 11.9 Å². The molecule has 2 aromatic rings. The number of aromatic amines is 2. The monoisotopic (exact) mass is 192 g/mol. The summed E-state index contributed by atoms with van der Waals surface area (Å²) >= 11 is 0. The van der Waals surface area contributed by atoms with E-state index < -0.39 is 0 Å². The molecule has 2 rings (SSSR count). The van der Waals surface area contributed by atoms with Crippen molar-refractivity contribution in [3.05, 3.63) is 18.3 Å². The maximum absolute atomic E-state index is 3.94. The van der Waals surface area contributed by atoms with E-state index in [0.717, 1.165) is 11.8 Å². The number of H-pyrrole nitrogens is 2. The first kappa shape index (κ1) is 8.61. The molecule has 74 valence electrons. The Balaban J connectivity index is 2.11. The first-order chi connectivity index (χ1) is 6.75. The molecule has 0 aliphatic rings. The summed E-state index contributed by atoms with van der Waals surface area (Å²) in [5, 5.41) is 10.9. The van der Waals surface area contributed by atoms with Crippen LogP contribution in [0.4, 0.5) is 17.7 Å². The molecule has 14 heavy (non-hydrogen) atoms. The number of hydrogen-bond acceptors (Lipinski definition) is 4. The average molecular weight is 192 g/mol. The normalized spacial score (nSPS) is 10.1. The molecular weight excluding hydrogens is 180 g/mol. The fraction of sp³-hybridized carbons (Fsp3) is 0.250. The molecule has 0 aliphatic carbocycles. The lowest BCUT2D eigenvalue weighted by Gasteiger charge is -2.04. The second-order valence-corrected chi connectivity index (χ2v) is 3.10. The number of rotatable bonds is 3. The van der Waals surface area contributed by atoms with Crippen molar-refractivity contribution in [3.63, 3.8) is 0 Å². The van der Waals surface area contributed by atoms with Crippen LogP contribution in [0.5, 0.6) is 0 Å². The highest BCUT2D eigenvalue weighted by Crippen LogP contribution is 2.11. The summed E-state index contributed by atoms with van der Waals surface area (Å²) < 4.78 is 0. The zero-order valence-electron chi connectivity index (χ0n) is 8.07. The Kier molecular flexibility index (Phi) is 2.10. The predicted octanol–water partition coefficient (Wildman–Crippen LogP) is 0.942. The lowest BCUT2D eigenvalue weighted by molar-refractivity contribution is 0.999. The van der Waals surface area contributed by atoms with Crippen LogP contribution in [0, 0.1) is 0 Å². The highest BCUT2D eigenvalue weighted by molar-refractivity contribution is 5.49. The van der Waals surface area contributed by atoms with E-state index in [1.54, 1.807) is 0 Å². The van der Waals surface area contributed by atoms with Gasteiger partial charge in [-0.1, -0.05) is 0 Å². The summed E-state index contributed by atoms with van der Waals surface area (Å²) in [6.07, 6.45) is 1.84. The van der Waals surface area contributed by atoms with Crippen LogP contribution < -0.4 is 10.2 Å². The standard InChI is InChI=1S/C8H12N6/c1-14(2)8-11-7(12-13-8)10-6-4-3-5-9-6/h3-5,9H,1-2H3,(H2,10,11,12,13). The zero-order valence-corrected chi connectivity index (χ0v) is 8.07. The summed E-state index contributed by atoms with van der Waals surface area (Å²) in [4.78, 5) is 7.89. The zero-order chi connectivity index (χ0) is 9.97. The number of hydrogen-bond donors (Lipinski definition) is 3. The molecule has 3 N–H and O–H groups in total. The summed E-state index contributed by atoms with van der Waals surface area (Å²) in [7, 11) is 3.80. The van der Waals surface area contributed by atoms with Crippen molar-refractivity contribution in [2.75, 3.05) is 24.3 Å². The van der Waals surface area contributed by atoms with Gasteiger partial charge in [0.15, 0.2) is 0 Å². The van der Waals surface area contributed by atoms with Crippen molar-refractivity contribution < 1.29 is 0 Å². The smallest absolute Gasteiger partial charge is 0.229 e. The van der Waals surface area contributed by atoms with Crippen LogP contribution >= 0.6 is 0 Å². The number of anilines is 3. The minimum absolute atomic E-state index is 0.621. The van der Waals surface area contributed by atoms with Gasteiger partial charge in [0.05, 0.1) is 0 Å². The number of nitrogens with zero attached hydrogens (tertiary/aromatic N) is 3. The molecule has 0 unspecified atom stereocenters. The minimum Gasteiger partial charge on any atom is -0.348 e. The minimum atomic E-state index is 0.621. The van der Waals surface area contributed by atoms with Gasteiger partial charge >= 0.3 is 0 Å². The van der Waals surface area contributed by atoms with Crippen LogP contribution in [0.2, 0.25) is 0 Å². The van der Waals surface area contributed by atoms with Crippen molar-refractivity contribution in [3.8, 4) is 0 Å². The molecule has 2 aromatic heterocycles. The quantitative estimate of drug-likeness (QED) is 0.676. The molecule has 0 atom stereocenters. The van der Waals surface area contributed by atoms with E-state index >= 15 is 0 Å². The van der Waals surface area contributed by atoms with Gasteiger partial charge in [0, 0.05) is 20.3 Å². The Hall–Kier alpha value is -1.98. The third-order valence-electron chi connectivity index (χ3n) is 1.75. The average Bonchev–Trinajstić information content (AvgIpc) is 2.75. The van der Waals surface area contributed by atoms with E-state index in [4.69, 9.17) is 0 Å². The Morgan fingerprint density at radius 3 is 2.79 bits per heavy atom. The molecule has 0 radical (unpaired) electrons. The highest BCUT2D eigenvalue weighted by Gasteiger charge is 2.03. The van der Waals surface area contributed by atoms with Crippen molar-refractivity contribution in [1.29, 1.82) is 0 Å². The van der Waals surface area contributed by atoms with Crippen LogP contribution in [0.3, 0.4) is 0 Å². The second-order valence-electron chi connectivity index (χ2n) is 3.10. The molecular formula is C8H12N6. The molecule has 0 aliphatic heterocycles. The largest absolute Gasteiger partial charge is 0.348 e. The maximum atomic E-state index is 3.94. The molecule has 0 amide bonds. The van der Waals surface area contributed by atoms with E-state index in [1.807, 2.05) is 37.3 Å². The van der Waals surface area contributed by atoms with E-state index in [2.05, 4.69) is 25.5 Å². The molecule has 0 bridgehead atoms. The second kappa shape index (κ2) is 3.41. The van der Waals surface area contributed by atoms with E-state index in [9.17, 15) is 0 Å². The van der Waals surface area contributed by atoms with Crippen LogP contribution in [0.1, 0.15) is 0 Å². The van der Waals surface area contributed by atoms with Gasteiger partial charge < -0.3 is 15.2 Å². The first-order valence-corrected chi connectivity index (χ1v) is 4.26. The van der Waals surface area contributed by atoms with Gasteiger partial charge in [0.1, 0.15) is 5.82 Å². The van der Waals surface area contributed by atoms with Gasteiger partial charge in [-0.05, 0) is 12.1 Å².